The van der Waals surface area contributed by atoms with Gasteiger partial charge < -0.3 is 19.1 Å². The monoisotopic (exact) mass is 443 g/mol. The second-order valence-corrected chi connectivity index (χ2v) is 9.00. The van der Waals surface area contributed by atoms with Crippen LogP contribution in [0.1, 0.15) is 55.7 Å². The van der Waals surface area contributed by atoms with Crippen LogP contribution >= 0.6 is 0 Å². The maximum absolute atomic E-state index is 12.3. The zero-order valence-corrected chi connectivity index (χ0v) is 19.2. The van der Waals surface area contributed by atoms with Gasteiger partial charge in [-0.25, -0.2) is 14.6 Å². The van der Waals surface area contributed by atoms with Gasteiger partial charge >= 0.3 is 18.1 Å². The van der Waals surface area contributed by atoms with Crippen LogP contribution in [0.2, 0.25) is 0 Å². The molecule has 1 aliphatic carbocycles. The van der Waals surface area contributed by atoms with Crippen LogP contribution in [0.5, 0.6) is 6.01 Å². The number of amides is 1. The van der Waals surface area contributed by atoms with Crippen molar-refractivity contribution in [3.63, 3.8) is 0 Å². The van der Waals surface area contributed by atoms with E-state index in [0.29, 0.717) is 50.3 Å². The second-order valence-electron chi connectivity index (χ2n) is 9.00. The van der Waals surface area contributed by atoms with Crippen molar-refractivity contribution < 1.29 is 23.8 Å². The Labute approximate surface area is 186 Å². The summed E-state index contributed by atoms with van der Waals surface area (Å²) in [5.74, 6) is -0.425. The molecule has 172 valence electrons. The number of likely N-dealkylation sites (tertiary alicyclic amines) is 1. The van der Waals surface area contributed by atoms with E-state index in [2.05, 4.69) is 15.1 Å². The fraction of sp³-hybridized carbons (Fsp3) is 0.591. The van der Waals surface area contributed by atoms with Crippen molar-refractivity contribution in [3.8, 4) is 17.4 Å². The molecule has 1 aliphatic heterocycles. The van der Waals surface area contributed by atoms with Crippen molar-refractivity contribution >= 4 is 12.1 Å². The molecule has 0 spiro atoms. The molecule has 10 nitrogen and oxygen atoms in total. The minimum Gasteiger partial charge on any atom is -0.461 e. The summed E-state index contributed by atoms with van der Waals surface area (Å²) in [5.41, 5.74) is 3.10. The van der Waals surface area contributed by atoms with E-state index in [0.717, 1.165) is 16.8 Å². The van der Waals surface area contributed by atoms with Crippen molar-refractivity contribution in [2.45, 2.75) is 58.7 Å². The SMILES string of the molecule is CCOC(=O)c1nn(C)c2c1CCc1cnc(OC3CCN(C(=O)OC(C)(C)C)C3)nc1-2. The Kier molecular flexibility index (Phi) is 5.79. The zero-order chi connectivity index (χ0) is 23.0. The van der Waals surface area contributed by atoms with Crippen molar-refractivity contribution in [1.82, 2.24) is 24.6 Å². The van der Waals surface area contributed by atoms with Crippen LogP contribution in [0, 0.1) is 0 Å². The van der Waals surface area contributed by atoms with Gasteiger partial charge in [0, 0.05) is 31.8 Å². The van der Waals surface area contributed by atoms with Crippen LogP contribution in [-0.4, -0.2) is 68.1 Å². The molecule has 4 rings (SSSR count). The normalized spacial score (nSPS) is 17.5. The van der Waals surface area contributed by atoms with Gasteiger partial charge in [0.2, 0.25) is 0 Å². The molecule has 1 atom stereocenters. The first-order valence-corrected chi connectivity index (χ1v) is 10.9. The van der Waals surface area contributed by atoms with Gasteiger partial charge in [0.25, 0.3) is 0 Å². The molecule has 0 radical (unpaired) electrons. The molecule has 0 bridgehead atoms. The first-order chi connectivity index (χ1) is 15.2. The Morgan fingerprint density at radius 1 is 1.25 bits per heavy atom. The van der Waals surface area contributed by atoms with E-state index in [1.807, 2.05) is 20.8 Å². The van der Waals surface area contributed by atoms with Gasteiger partial charge in [-0.05, 0) is 46.1 Å². The molecule has 0 aromatic carbocycles. The molecule has 0 N–H and O–H groups in total. The van der Waals surface area contributed by atoms with E-state index in [1.54, 1.807) is 29.7 Å². The maximum Gasteiger partial charge on any atom is 0.410 e. The summed E-state index contributed by atoms with van der Waals surface area (Å²) in [6.45, 7) is 8.57. The number of ether oxygens (including phenoxy) is 3. The van der Waals surface area contributed by atoms with Crippen LogP contribution in [0.3, 0.4) is 0 Å². The van der Waals surface area contributed by atoms with Crippen molar-refractivity contribution in [1.29, 1.82) is 0 Å². The number of nitrogens with zero attached hydrogens (tertiary/aromatic N) is 5. The van der Waals surface area contributed by atoms with Gasteiger partial charge in [0.05, 0.1) is 24.5 Å². The molecule has 2 aliphatic rings. The fourth-order valence-corrected chi connectivity index (χ4v) is 4.03. The molecule has 3 heterocycles. The van der Waals surface area contributed by atoms with Gasteiger partial charge in [-0.15, -0.1) is 0 Å². The van der Waals surface area contributed by atoms with Crippen molar-refractivity contribution in [2.75, 3.05) is 19.7 Å². The number of aromatic nitrogens is 4. The van der Waals surface area contributed by atoms with Gasteiger partial charge in [-0.2, -0.15) is 10.1 Å². The van der Waals surface area contributed by atoms with Crippen LogP contribution in [0.4, 0.5) is 4.79 Å². The molecule has 1 fully saturated rings. The standard InChI is InChI=1S/C22H29N5O5/c1-6-30-19(28)17-15-8-7-13-11-23-20(24-16(13)18(15)26(5)25-17)31-14-9-10-27(12-14)21(29)32-22(2,3)4/h11,14H,6-10,12H2,1-5H3. The summed E-state index contributed by atoms with van der Waals surface area (Å²) >= 11 is 0. The topological polar surface area (TPSA) is 109 Å². The Morgan fingerprint density at radius 2 is 2.03 bits per heavy atom. The third kappa shape index (κ3) is 4.39. The average Bonchev–Trinajstić information content (AvgIpc) is 3.32. The summed E-state index contributed by atoms with van der Waals surface area (Å²) in [7, 11) is 1.79. The number of hydrogen-bond acceptors (Lipinski definition) is 8. The van der Waals surface area contributed by atoms with Crippen LogP contribution in [0.15, 0.2) is 6.20 Å². The van der Waals surface area contributed by atoms with E-state index >= 15 is 0 Å². The van der Waals surface area contributed by atoms with Crippen LogP contribution in [-0.2, 0) is 29.4 Å². The quantitative estimate of drug-likeness (QED) is 0.664. The second kappa shape index (κ2) is 8.40. The largest absolute Gasteiger partial charge is 0.461 e. The lowest BCUT2D eigenvalue weighted by molar-refractivity contribution is 0.0273. The highest BCUT2D eigenvalue weighted by atomic mass is 16.6. The molecule has 2 aromatic heterocycles. The Hall–Kier alpha value is -3.17. The Morgan fingerprint density at radius 3 is 2.75 bits per heavy atom. The number of fused-ring (bicyclic) bond motifs is 3. The van der Waals surface area contributed by atoms with Gasteiger partial charge in [-0.3, -0.25) is 4.68 Å². The highest BCUT2D eigenvalue weighted by Crippen LogP contribution is 2.34. The molecule has 10 heteroatoms. The molecule has 1 saturated heterocycles. The van der Waals surface area contributed by atoms with Crippen LogP contribution < -0.4 is 4.74 Å². The number of hydrogen-bond donors (Lipinski definition) is 0. The molecule has 2 aromatic rings. The smallest absolute Gasteiger partial charge is 0.410 e. The summed E-state index contributed by atoms with van der Waals surface area (Å²) in [5, 5.41) is 4.38. The number of aryl methyl sites for hydroxylation is 2. The summed E-state index contributed by atoms with van der Waals surface area (Å²) in [6, 6.07) is 0.242. The lowest BCUT2D eigenvalue weighted by Crippen LogP contribution is -2.36. The van der Waals surface area contributed by atoms with Gasteiger partial charge in [0.15, 0.2) is 5.69 Å². The zero-order valence-electron chi connectivity index (χ0n) is 19.2. The van der Waals surface area contributed by atoms with E-state index in [4.69, 9.17) is 14.2 Å². The number of rotatable bonds is 4. The van der Waals surface area contributed by atoms with E-state index in [9.17, 15) is 9.59 Å². The minimum atomic E-state index is -0.541. The highest BCUT2D eigenvalue weighted by Gasteiger charge is 2.33. The predicted octanol–water partition coefficient (Wildman–Crippen LogP) is 2.54. The van der Waals surface area contributed by atoms with Crippen LogP contribution in [0.25, 0.3) is 11.4 Å². The number of carbonyl (C=O) groups is 2. The lowest BCUT2D eigenvalue weighted by atomic mass is 9.93. The predicted molar refractivity (Wildman–Crippen MR) is 114 cm³/mol. The molecular formula is C22H29N5O5. The third-order valence-corrected chi connectivity index (χ3v) is 5.39. The number of esters is 1. The van der Waals surface area contributed by atoms with E-state index in [1.165, 1.54) is 0 Å². The molecule has 1 amide bonds. The highest BCUT2D eigenvalue weighted by molar-refractivity contribution is 5.91. The van der Waals surface area contributed by atoms with Gasteiger partial charge in [0.1, 0.15) is 11.7 Å². The first kappa shape index (κ1) is 22.0. The summed E-state index contributed by atoms with van der Waals surface area (Å²) in [6.07, 6.45) is 3.24. The van der Waals surface area contributed by atoms with Crippen molar-refractivity contribution in [2.24, 2.45) is 7.05 Å². The first-order valence-electron chi connectivity index (χ1n) is 10.9. The molecule has 0 saturated carbocycles. The average molecular weight is 444 g/mol. The van der Waals surface area contributed by atoms with E-state index in [-0.39, 0.29) is 18.2 Å². The molecule has 1 unspecified atom stereocenters. The Bertz CT molecular complexity index is 1040. The fourth-order valence-electron chi connectivity index (χ4n) is 4.03. The minimum absolute atomic E-state index is 0.217. The summed E-state index contributed by atoms with van der Waals surface area (Å²) in [4.78, 5) is 35.3. The van der Waals surface area contributed by atoms with Gasteiger partial charge in [-0.1, -0.05) is 0 Å². The summed E-state index contributed by atoms with van der Waals surface area (Å²) < 4.78 is 18.3. The third-order valence-electron chi connectivity index (χ3n) is 5.39. The number of carbonyl (C=O) groups excluding carboxylic acids is 2. The Balaban J connectivity index is 1.52. The molecular weight excluding hydrogens is 414 g/mol. The maximum atomic E-state index is 12.3. The van der Waals surface area contributed by atoms with E-state index < -0.39 is 11.6 Å². The molecule has 32 heavy (non-hydrogen) atoms. The van der Waals surface area contributed by atoms with Crippen molar-refractivity contribution in [3.05, 3.63) is 23.0 Å². The lowest BCUT2D eigenvalue weighted by Gasteiger charge is -2.24.